The molecule has 2 heteroatoms. The standard InChI is InChI=1S/C9H22Si2/c1-10(2)11(3)9-7-5-4-6-8-9/h9-11H,4-8H2,1-3H3. The van der Waals surface area contributed by atoms with Crippen LogP contribution in [-0.4, -0.2) is 16.6 Å². The van der Waals surface area contributed by atoms with Crippen molar-refractivity contribution in [2.75, 3.05) is 0 Å². The molecule has 0 radical (unpaired) electrons. The fraction of sp³-hybridized carbons (Fsp3) is 1.00. The third-order valence-electron chi connectivity index (χ3n) is 3.44. The summed E-state index contributed by atoms with van der Waals surface area (Å²) >= 11 is 0. The summed E-state index contributed by atoms with van der Waals surface area (Å²) in [6.07, 6.45) is 7.81. The average molecular weight is 186 g/mol. The summed E-state index contributed by atoms with van der Waals surface area (Å²) in [5, 5.41) is 0. The van der Waals surface area contributed by atoms with Gasteiger partial charge in [0.25, 0.3) is 0 Å². The third-order valence-corrected chi connectivity index (χ3v) is 15.6. The maximum Gasteiger partial charge on any atom is 0.0276 e. The van der Waals surface area contributed by atoms with Crippen LogP contribution in [0, 0.1) is 0 Å². The zero-order valence-corrected chi connectivity index (χ0v) is 10.6. The van der Waals surface area contributed by atoms with E-state index in [1.807, 2.05) is 0 Å². The summed E-state index contributed by atoms with van der Waals surface area (Å²) in [7, 11) is -0.417. The molecule has 1 aliphatic rings. The van der Waals surface area contributed by atoms with E-state index in [9.17, 15) is 0 Å². The van der Waals surface area contributed by atoms with Gasteiger partial charge in [0.2, 0.25) is 0 Å². The minimum Gasteiger partial charge on any atom is -0.0743 e. The molecule has 0 aromatic heterocycles. The summed E-state index contributed by atoms with van der Waals surface area (Å²) < 4.78 is 0. The van der Waals surface area contributed by atoms with E-state index in [2.05, 4.69) is 19.6 Å². The average Bonchev–Trinajstić information content (AvgIpc) is 2.05. The van der Waals surface area contributed by atoms with Crippen LogP contribution >= 0.6 is 0 Å². The summed E-state index contributed by atoms with van der Waals surface area (Å²) in [5.41, 5.74) is 1.25. The maximum atomic E-state index is 2.63. The van der Waals surface area contributed by atoms with Crippen LogP contribution in [0.3, 0.4) is 0 Å². The first kappa shape index (κ1) is 9.52. The van der Waals surface area contributed by atoms with Gasteiger partial charge in [-0.2, -0.15) is 0 Å². The smallest absolute Gasteiger partial charge is 0.0276 e. The molecular formula is C9H22Si2. The van der Waals surface area contributed by atoms with Gasteiger partial charge in [-0.25, -0.2) is 0 Å². The van der Waals surface area contributed by atoms with Crippen molar-refractivity contribution >= 4 is 16.6 Å². The second-order valence-corrected chi connectivity index (χ2v) is 16.8. The highest BCUT2D eigenvalue weighted by atomic mass is 29.2. The zero-order chi connectivity index (χ0) is 8.27. The lowest BCUT2D eigenvalue weighted by molar-refractivity contribution is 0.499. The Morgan fingerprint density at radius 1 is 0.909 bits per heavy atom. The lowest BCUT2D eigenvalue weighted by Crippen LogP contribution is -2.32. The molecule has 0 aromatic carbocycles. The highest BCUT2D eigenvalue weighted by Crippen LogP contribution is 2.31. The number of hydrogen-bond acceptors (Lipinski definition) is 0. The molecule has 0 nitrogen and oxygen atoms in total. The van der Waals surface area contributed by atoms with Crippen molar-refractivity contribution in [3.63, 3.8) is 0 Å². The van der Waals surface area contributed by atoms with E-state index in [1.54, 1.807) is 25.7 Å². The maximum absolute atomic E-state index is 2.63. The Bertz CT molecular complexity index is 106. The van der Waals surface area contributed by atoms with Gasteiger partial charge in [0.05, 0.1) is 0 Å². The van der Waals surface area contributed by atoms with Crippen LogP contribution in [0.15, 0.2) is 0 Å². The number of hydrogen-bond donors (Lipinski definition) is 0. The Morgan fingerprint density at radius 3 is 1.91 bits per heavy atom. The van der Waals surface area contributed by atoms with Crippen molar-refractivity contribution in [3.05, 3.63) is 0 Å². The molecular weight excluding hydrogens is 164 g/mol. The molecule has 0 amide bonds. The Morgan fingerprint density at radius 2 is 1.45 bits per heavy atom. The van der Waals surface area contributed by atoms with Gasteiger partial charge in [-0.15, -0.1) is 0 Å². The first-order chi connectivity index (χ1) is 5.22. The molecule has 1 atom stereocenters. The van der Waals surface area contributed by atoms with Gasteiger partial charge in [-0.1, -0.05) is 57.3 Å². The van der Waals surface area contributed by atoms with Crippen molar-refractivity contribution in [2.24, 2.45) is 0 Å². The van der Waals surface area contributed by atoms with E-state index in [0.29, 0.717) is 0 Å². The van der Waals surface area contributed by atoms with Crippen molar-refractivity contribution in [3.8, 4) is 0 Å². The van der Waals surface area contributed by atoms with Crippen LogP contribution < -0.4 is 0 Å². The predicted octanol–water partition coefficient (Wildman–Crippen LogP) is 2.74. The van der Waals surface area contributed by atoms with Gasteiger partial charge in [-0.3, -0.25) is 0 Å². The van der Waals surface area contributed by atoms with Crippen molar-refractivity contribution in [1.82, 2.24) is 0 Å². The quantitative estimate of drug-likeness (QED) is 0.582. The van der Waals surface area contributed by atoms with Gasteiger partial charge >= 0.3 is 0 Å². The molecule has 1 fully saturated rings. The Kier molecular flexibility index (Phi) is 3.86. The highest BCUT2D eigenvalue weighted by Gasteiger charge is 2.23. The first-order valence-electron chi connectivity index (χ1n) is 5.22. The monoisotopic (exact) mass is 186 g/mol. The van der Waals surface area contributed by atoms with Crippen molar-refractivity contribution in [2.45, 2.75) is 57.3 Å². The van der Waals surface area contributed by atoms with Crippen LogP contribution in [0.4, 0.5) is 0 Å². The molecule has 11 heavy (non-hydrogen) atoms. The molecule has 0 saturated heterocycles. The van der Waals surface area contributed by atoms with Crippen LogP contribution in [0.5, 0.6) is 0 Å². The van der Waals surface area contributed by atoms with E-state index >= 15 is 0 Å². The summed E-state index contributed by atoms with van der Waals surface area (Å²) in [6.45, 7) is 7.75. The molecule has 1 aliphatic carbocycles. The lowest BCUT2D eigenvalue weighted by Gasteiger charge is -2.28. The van der Waals surface area contributed by atoms with E-state index < -0.39 is 0 Å². The molecule has 0 N–H and O–H groups in total. The molecule has 66 valence electrons. The minimum absolute atomic E-state index is 0.199. The van der Waals surface area contributed by atoms with Crippen LogP contribution in [0.25, 0.3) is 0 Å². The van der Waals surface area contributed by atoms with Gasteiger partial charge in [0.1, 0.15) is 0 Å². The van der Waals surface area contributed by atoms with E-state index in [0.717, 1.165) is 0 Å². The second-order valence-electron chi connectivity index (χ2n) is 4.50. The molecule has 0 aromatic rings. The van der Waals surface area contributed by atoms with Gasteiger partial charge < -0.3 is 0 Å². The van der Waals surface area contributed by atoms with Crippen LogP contribution in [0.1, 0.15) is 32.1 Å². The highest BCUT2D eigenvalue weighted by molar-refractivity contribution is 7.21. The van der Waals surface area contributed by atoms with E-state index in [1.165, 1.54) is 12.0 Å². The first-order valence-corrected chi connectivity index (χ1v) is 12.0. The normalized spacial score (nSPS) is 24.0. The van der Waals surface area contributed by atoms with Gasteiger partial charge in [-0.05, 0) is 0 Å². The fourth-order valence-electron chi connectivity index (χ4n) is 2.20. The molecule has 0 bridgehead atoms. The Hall–Kier alpha value is 0.434. The summed E-state index contributed by atoms with van der Waals surface area (Å²) in [6, 6.07) is 0. The van der Waals surface area contributed by atoms with Gasteiger partial charge in [0, 0.05) is 16.6 Å². The summed E-state index contributed by atoms with van der Waals surface area (Å²) in [5.74, 6) is 0. The predicted molar refractivity (Wildman–Crippen MR) is 58.7 cm³/mol. The lowest BCUT2D eigenvalue weighted by atomic mass is 10.0. The minimum atomic E-state index is -0.218. The molecule has 0 spiro atoms. The molecule has 1 rings (SSSR count). The number of rotatable bonds is 2. The third kappa shape index (κ3) is 2.75. The van der Waals surface area contributed by atoms with E-state index in [4.69, 9.17) is 0 Å². The zero-order valence-electron chi connectivity index (χ0n) is 8.27. The molecule has 1 unspecified atom stereocenters. The molecule has 0 aliphatic heterocycles. The second kappa shape index (κ2) is 4.46. The molecule has 1 saturated carbocycles. The van der Waals surface area contributed by atoms with E-state index in [-0.39, 0.29) is 16.6 Å². The SMILES string of the molecule is C[SiH](C)[SiH](C)C1CCCCC1. The Balaban J connectivity index is 2.32. The fourth-order valence-corrected chi connectivity index (χ4v) is 9.24. The summed E-state index contributed by atoms with van der Waals surface area (Å²) in [4.78, 5) is 0. The van der Waals surface area contributed by atoms with Crippen LogP contribution in [-0.2, 0) is 0 Å². The van der Waals surface area contributed by atoms with Crippen molar-refractivity contribution < 1.29 is 0 Å². The molecule has 0 heterocycles. The van der Waals surface area contributed by atoms with Crippen molar-refractivity contribution in [1.29, 1.82) is 0 Å². The van der Waals surface area contributed by atoms with Crippen LogP contribution in [0.2, 0.25) is 25.2 Å². The Labute approximate surface area is 74.4 Å². The largest absolute Gasteiger partial charge is 0.0743 e. The topological polar surface area (TPSA) is 0 Å². The van der Waals surface area contributed by atoms with Gasteiger partial charge in [0.15, 0.2) is 0 Å².